The van der Waals surface area contributed by atoms with E-state index < -0.39 is 22.0 Å². The maximum atomic E-state index is 12.1. The molecule has 0 spiro atoms. The molecule has 22 heavy (non-hydrogen) atoms. The van der Waals surface area contributed by atoms with Gasteiger partial charge in [-0.2, -0.15) is 4.72 Å². The molecule has 0 amide bonds. The molecule has 2 rings (SSSR count). The average Bonchev–Trinajstić information content (AvgIpc) is 3.01. The number of benzene rings is 1. The smallest absolute Gasteiger partial charge is 0.326 e. The van der Waals surface area contributed by atoms with Crippen LogP contribution in [-0.4, -0.2) is 31.1 Å². The molecule has 0 bridgehead atoms. The summed E-state index contributed by atoms with van der Waals surface area (Å²) in [6, 6.07) is 4.79. The molecule has 0 aliphatic rings. The Morgan fingerprint density at radius 2 is 2.09 bits per heavy atom. The van der Waals surface area contributed by atoms with Gasteiger partial charge in [0.2, 0.25) is 0 Å². The van der Waals surface area contributed by atoms with Gasteiger partial charge in [-0.15, -0.1) is 11.3 Å². The lowest BCUT2D eigenvalue weighted by molar-refractivity contribution is -0.139. The van der Waals surface area contributed by atoms with E-state index in [0.29, 0.717) is 17.9 Å². The van der Waals surface area contributed by atoms with Crippen LogP contribution in [0, 0.1) is 0 Å². The first-order valence-electron chi connectivity index (χ1n) is 6.30. The van der Waals surface area contributed by atoms with Crippen molar-refractivity contribution in [1.29, 1.82) is 0 Å². The Morgan fingerprint density at radius 1 is 1.41 bits per heavy atom. The molecule has 1 aromatic heterocycles. The summed E-state index contributed by atoms with van der Waals surface area (Å²) in [6.45, 7) is 2.31. The molecule has 0 radical (unpaired) electrons. The van der Waals surface area contributed by atoms with Gasteiger partial charge in [0, 0.05) is 5.38 Å². The van der Waals surface area contributed by atoms with Crippen molar-refractivity contribution in [3.8, 4) is 5.75 Å². The van der Waals surface area contributed by atoms with Gasteiger partial charge >= 0.3 is 5.97 Å². The summed E-state index contributed by atoms with van der Waals surface area (Å²) in [5.74, 6) is -0.722. The molecule has 1 aromatic carbocycles. The maximum Gasteiger partial charge on any atom is 0.326 e. The van der Waals surface area contributed by atoms with Crippen LogP contribution in [0.2, 0.25) is 0 Å². The fourth-order valence-corrected chi connectivity index (χ4v) is 3.75. The van der Waals surface area contributed by atoms with E-state index in [1.807, 2.05) is 6.92 Å². The zero-order valence-corrected chi connectivity index (χ0v) is 13.2. The second kappa shape index (κ2) is 6.86. The molecule has 118 valence electrons. The number of sulfonamides is 1. The minimum atomic E-state index is -3.99. The number of ether oxygens (including phenoxy) is 1. The number of carbonyl (C=O) groups is 1. The highest BCUT2D eigenvalue weighted by molar-refractivity contribution is 7.89. The molecule has 0 aliphatic carbocycles. The number of rotatable bonds is 7. The van der Waals surface area contributed by atoms with E-state index in [-0.39, 0.29) is 5.03 Å². The minimum Gasteiger partial charge on any atom is -0.494 e. The summed E-state index contributed by atoms with van der Waals surface area (Å²) >= 11 is 1.11. The molecular weight excluding hydrogens is 328 g/mol. The van der Waals surface area contributed by atoms with Crippen LogP contribution in [0.15, 0.2) is 40.2 Å². The number of carboxylic acids is 1. The molecule has 0 saturated heterocycles. The Kier molecular flexibility index (Phi) is 5.11. The van der Waals surface area contributed by atoms with Crippen molar-refractivity contribution in [2.75, 3.05) is 6.61 Å². The van der Waals surface area contributed by atoms with E-state index in [9.17, 15) is 18.3 Å². The molecule has 0 saturated carbocycles. The number of aliphatic carboxylic acids is 1. The third-order valence-electron chi connectivity index (χ3n) is 2.73. The normalized spacial score (nSPS) is 12.8. The summed E-state index contributed by atoms with van der Waals surface area (Å²) in [4.78, 5) is 15.1. The highest BCUT2D eigenvalue weighted by atomic mass is 32.2. The van der Waals surface area contributed by atoms with E-state index in [2.05, 4.69) is 9.71 Å². The Labute approximate surface area is 131 Å². The summed E-state index contributed by atoms with van der Waals surface area (Å²) in [7, 11) is -3.99. The van der Waals surface area contributed by atoms with E-state index >= 15 is 0 Å². The van der Waals surface area contributed by atoms with Crippen LogP contribution in [0.4, 0.5) is 0 Å². The SMILES string of the molecule is CCOc1ccc(C(NS(=O)(=O)c2cscn2)C(=O)O)cc1. The largest absolute Gasteiger partial charge is 0.494 e. The monoisotopic (exact) mass is 342 g/mol. The van der Waals surface area contributed by atoms with Gasteiger partial charge < -0.3 is 9.84 Å². The van der Waals surface area contributed by atoms with Gasteiger partial charge in [-0.25, -0.2) is 13.4 Å². The lowest BCUT2D eigenvalue weighted by Gasteiger charge is -2.14. The van der Waals surface area contributed by atoms with Crippen LogP contribution in [-0.2, 0) is 14.8 Å². The van der Waals surface area contributed by atoms with Crippen molar-refractivity contribution in [3.05, 3.63) is 40.7 Å². The second-order valence-electron chi connectivity index (χ2n) is 4.22. The summed E-state index contributed by atoms with van der Waals surface area (Å²) < 4.78 is 31.6. The Hall–Kier alpha value is -1.97. The lowest BCUT2D eigenvalue weighted by Crippen LogP contribution is -2.33. The molecule has 0 fully saturated rings. The predicted octanol–water partition coefficient (Wildman–Crippen LogP) is 1.65. The molecule has 2 aromatic rings. The first-order valence-corrected chi connectivity index (χ1v) is 8.72. The maximum absolute atomic E-state index is 12.1. The molecule has 1 atom stereocenters. The van der Waals surface area contributed by atoms with Crippen molar-refractivity contribution in [3.63, 3.8) is 0 Å². The number of thiazole rings is 1. The summed E-state index contributed by atoms with van der Waals surface area (Å²) in [6.07, 6.45) is 0. The van der Waals surface area contributed by atoms with Crippen LogP contribution in [0.5, 0.6) is 5.75 Å². The minimum absolute atomic E-state index is 0.199. The molecule has 9 heteroatoms. The number of carboxylic acid groups (broad SMARTS) is 1. The zero-order valence-electron chi connectivity index (χ0n) is 11.6. The quantitative estimate of drug-likeness (QED) is 0.792. The number of aromatic nitrogens is 1. The third-order valence-corrected chi connectivity index (χ3v) is 4.78. The Morgan fingerprint density at radius 3 is 2.59 bits per heavy atom. The number of hydrogen-bond donors (Lipinski definition) is 2. The molecule has 2 N–H and O–H groups in total. The van der Waals surface area contributed by atoms with Gasteiger partial charge in [-0.3, -0.25) is 4.79 Å². The van der Waals surface area contributed by atoms with Crippen molar-refractivity contribution < 1.29 is 23.1 Å². The van der Waals surface area contributed by atoms with Crippen LogP contribution in [0.1, 0.15) is 18.5 Å². The highest BCUT2D eigenvalue weighted by Crippen LogP contribution is 2.20. The molecule has 7 nitrogen and oxygen atoms in total. The topological polar surface area (TPSA) is 106 Å². The highest BCUT2D eigenvalue weighted by Gasteiger charge is 2.28. The third kappa shape index (κ3) is 3.81. The van der Waals surface area contributed by atoms with Gasteiger partial charge in [0.1, 0.15) is 11.8 Å². The first-order chi connectivity index (χ1) is 10.4. The van der Waals surface area contributed by atoms with Crippen LogP contribution in [0.25, 0.3) is 0 Å². The second-order valence-corrected chi connectivity index (χ2v) is 6.60. The van der Waals surface area contributed by atoms with Crippen molar-refractivity contribution >= 4 is 27.3 Å². The van der Waals surface area contributed by atoms with Crippen LogP contribution >= 0.6 is 11.3 Å². The van der Waals surface area contributed by atoms with Gasteiger partial charge in [0.25, 0.3) is 10.0 Å². The van der Waals surface area contributed by atoms with Gasteiger partial charge in [-0.1, -0.05) is 12.1 Å². The van der Waals surface area contributed by atoms with Crippen LogP contribution in [0.3, 0.4) is 0 Å². The van der Waals surface area contributed by atoms with E-state index in [0.717, 1.165) is 11.3 Å². The van der Waals surface area contributed by atoms with Crippen molar-refractivity contribution in [2.45, 2.75) is 18.0 Å². The predicted molar refractivity (Wildman–Crippen MR) is 80.4 cm³/mol. The number of hydrogen-bond acceptors (Lipinski definition) is 6. The average molecular weight is 342 g/mol. The van der Waals surface area contributed by atoms with Gasteiger partial charge in [0.05, 0.1) is 12.1 Å². The van der Waals surface area contributed by atoms with E-state index in [4.69, 9.17) is 4.74 Å². The number of nitrogens with zero attached hydrogens (tertiary/aromatic N) is 1. The number of nitrogens with one attached hydrogen (secondary N) is 1. The fourth-order valence-electron chi connectivity index (χ4n) is 1.73. The Balaban J connectivity index is 2.25. The van der Waals surface area contributed by atoms with Gasteiger partial charge in [-0.05, 0) is 24.6 Å². The molecule has 0 aliphatic heterocycles. The van der Waals surface area contributed by atoms with E-state index in [1.54, 1.807) is 12.1 Å². The zero-order chi connectivity index (χ0) is 16.2. The van der Waals surface area contributed by atoms with Crippen molar-refractivity contribution in [2.24, 2.45) is 0 Å². The summed E-state index contributed by atoms with van der Waals surface area (Å²) in [5, 5.41) is 10.4. The van der Waals surface area contributed by atoms with Gasteiger partial charge in [0.15, 0.2) is 5.03 Å². The Bertz CT molecular complexity index is 726. The molecular formula is C13H14N2O5S2. The first kappa shape index (κ1) is 16.4. The molecule has 1 unspecified atom stereocenters. The lowest BCUT2D eigenvalue weighted by atomic mass is 10.1. The fraction of sp³-hybridized carbons (Fsp3) is 0.231. The van der Waals surface area contributed by atoms with E-state index in [1.165, 1.54) is 23.0 Å². The van der Waals surface area contributed by atoms with Crippen LogP contribution < -0.4 is 9.46 Å². The standard InChI is InChI=1S/C13H14N2O5S2/c1-2-20-10-5-3-9(4-6-10)12(13(16)17)15-22(18,19)11-7-21-8-14-11/h3-8,12,15H,2H2,1H3,(H,16,17). The van der Waals surface area contributed by atoms with Crippen molar-refractivity contribution in [1.82, 2.24) is 9.71 Å². The molecule has 1 heterocycles. The summed E-state index contributed by atoms with van der Waals surface area (Å²) in [5.41, 5.74) is 1.66.